The van der Waals surface area contributed by atoms with Gasteiger partial charge in [0.15, 0.2) is 0 Å². The minimum atomic E-state index is -3.58. The van der Waals surface area contributed by atoms with E-state index in [1.807, 2.05) is 5.38 Å². The highest BCUT2D eigenvalue weighted by atomic mass is 35.5. The zero-order valence-electron chi connectivity index (χ0n) is 11.9. The number of sulfonamides is 1. The van der Waals surface area contributed by atoms with Crippen LogP contribution in [0.5, 0.6) is 0 Å². The van der Waals surface area contributed by atoms with Gasteiger partial charge in [0.1, 0.15) is 4.90 Å². The van der Waals surface area contributed by atoms with Gasteiger partial charge in [0.25, 0.3) is 0 Å². The zero-order valence-corrected chi connectivity index (χ0v) is 14.3. The van der Waals surface area contributed by atoms with Crippen LogP contribution in [0.15, 0.2) is 10.3 Å². The van der Waals surface area contributed by atoms with Gasteiger partial charge in [-0.15, -0.1) is 22.9 Å². The van der Waals surface area contributed by atoms with Crippen LogP contribution in [0.25, 0.3) is 0 Å². The molecule has 1 heterocycles. The minimum Gasteiger partial charge on any atom is -0.383 e. The van der Waals surface area contributed by atoms with Crippen molar-refractivity contribution < 1.29 is 17.9 Å². The third-order valence-electron chi connectivity index (χ3n) is 2.80. The first-order valence-electron chi connectivity index (χ1n) is 6.10. The van der Waals surface area contributed by atoms with E-state index in [1.165, 1.54) is 15.6 Å². The van der Waals surface area contributed by atoms with Crippen LogP contribution in [0, 0.1) is 6.92 Å². The van der Waals surface area contributed by atoms with E-state index in [4.69, 9.17) is 21.1 Å². The fraction of sp³-hybridized carbons (Fsp3) is 0.667. The van der Waals surface area contributed by atoms with Crippen molar-refractivity contribution in [2.45, 2.75) is 17.7 Å². The van der Waals surface area contributed by atoms with E-state index in [0.29, 0.717) is 36.1 Å². The van der Waals surface area contributed by atoms with Gasteiger partial charge in [0, 0.05) is 32.2 Å². The molecule has 1 aromatic heterocycles. The molecular weight excluding hydrogens is 322 g/mol. The topological polar surface area (TPSA) is 55.8 Å². The maximum Gasteiger partial charge on any atom is 0.244 e. The molecule has 1 rings (SSSR count). The molecule has 8 heteroatoms. The first-order valence-corrected chi connectivity index (χ1v) is 8.95. The largest absolute Gasteiger partial charge is 0.383 e. The fourth-order valence-corrected chi connectivity index (χ4v) is 5.21. The Hall–Kier alpha value is -0.180. The monoisotopic (exact) mass is 341 g/mol. The molecule has 5 nitrogen and oxygen atoms in total. The molecule has 0 amide bonds. The first kappa shape index (κ1) is 17.9. The van der Waals surface area contributed by atoms with Crippen LogP contribution in [0.2, 0.25) is 0 Å². The Kier molecular flexibility index (Phi) is 7.42. The predicted octanol–water partition coefficient (Wildman–Crippen LogP) is 2.08. The predicted molar refractivity (Wildman–Crippen MR) is 81.1 cm³/mol. The van der Waals surface area contributed by atoms with Crippen LogP contribution >= 0.6 is 22.9 Å². The molecule has 0 spiro atoms. The second-order valence-corrected chi connectivity index (χ2v) is 7.30. The average molecular weight is 342 g/mol. The Morgan fingerprint density at radius 1 is 1.25 bits per heavy atom. The molecule has 0 N–H and O–H groups in total. The van der Waals surface area contributed by atoms with Crippen molar-refractivity contribution in [3.8, 4) is 0 Å². The molecule has 0 aliphatic rings. The van der Waals surface area contributed by atoms with Crippen molar-refractivity contribution in [2.24, 2.45) is 0 Å². The molecule has 0 radical (unpaired) electrons. The second-order valence-electron chi connectivity index (χ2n) is 4.19. The molecule has 0 atom stereocenters. The Bertz CT molecular complexity index is 508. The van der Waals surface area contributed by atoms with E-state index in [-0.39, 0.29) is 5.88 Å². The highest BCUT2D eigenvalue weighted by Gasteiger charge is 2.29. The third-order valence-corrected chi connectivity index (χ3v) is 6.59. The number of alkyl halides is 1. The van der Waals surface area contributed by atoms with Gasteiger partial charge in [0.2, 0.25) is 10.0 Å². The van der Waals surface area contributed by atoms with Crippen LogP contribution in [-0.2, 0) is 25.4 Å². The molecule has 1 aromatic rings. The van der Waals surface area contributed by atoms with Gasteiger partial charge in [-0.1, -0.05) is 0 Å². The van der Waals surface area contributed by atoms with Gasteiger partial charge in [-0.3, -0.25) is 0 Å². The number of nitrogens with zero attached hydrogens (tertiary/aromatic N) is 1. The second kappa shape index (κ2) is 8.31. The lowest BCUT2D eigenvalue weighted by Gasteiger charge is -2.22. The maximum absolute atomic E-state index is 12.8. The summed E-state index contributed by atoms with van der Waals surface area (Å²) in [6.45, 7) is 3.04. The summed E-state index contributed by atoms with van der Waals surface area (Å²) in [5, 5.41) is 1.81. The van der Waals surface area contributed by atoms with Crippen LogP contribution < -0.4 is 0 Å². The van der Waals surface area contributed by atoms with Crippen LogP contribution in [0.4, 0.5) is 0 Å². The summed E-state index contributed by atoms with van der Waals surface area (Å²) in [5.74, 6) is 0.190. The number of halogens is 1. The van der Waals surface area contributed by atoms with E-state index in [0.717, 1.165) is 5.56 Å². The molecule has 0 saturated carbocycles. The molecule has 0 bridgehead atoms. The summed E-state index contributed by atoms with van der Waals surface area (Å²) < 4.78 is 36.9. The lowest BCUT2D eigenvalue weighted by molar-refractivity contribution is 0.150. The molecule has 20 heavy (non-hydrogen) atoms. The summed E-state index contributed by atoms with van der Waals surface area (Å²) in [6, 6.07) is 0. The minimum absolute atomic E-state index is 0.190. The summed E-state index contributed by atoms with van der Waals surface area (Å²) >= 11 is 7.21. The van der Waals surface area contributed by atoms with Crippen LogP contribution in [0.1, 0.15) is 10.4 Å². The summed E-state index contributed by atoms with van der Waals surface area (Å²) in [5.41, 5.74) is 0.727. The van der Waals surface area contributed by atoms with Crippen molar-refractivity contribution in [2.75, 3.05) is 40.5 Å². The Morgan fingerprint density at radius 2 is 1.80 bits per heavy atom. The molecule has 116 valence electrons. The lowest BCUT2D eigenvalue weighted by atomic mass is 10.3. The maximum atomic E-state index is 12.8. The Balaban J connectivity index is 3.10. The highest BCUT2D eigenvalue weighted by molar-refractivity contribution is 7.89. The van der Waals surface area contributed by atoms with Crippen molar-refractivity contribution in [1.82, 2.24) is 4.31 Å². The van der Waals surface area contributed by atoms with Gasteiger partial charge in [0.05, 0.1) is 19.1 Å². The van der Waals surface area contributed by atoms with Crippen molar-refractivity contribution in [1.29, 1.82) is 0 Å². The van der Waals surface area contributed by atoms with E-state index in [2.05, 4.69) is 0 Å². The number of hydrogen-bond acceptors (Lipinski definition) is 5. The summed E-state index contributed by atoms with van der Waals surface area (Å²) in [4.78, 5) is 0.994. The standard InChI is InChI=1S/C12H20ClNO4S2/c1-10-9-19-11(8-13)12(10)20(15,16)14(4-6-17-2)5-7-18-3/h9H,4-8H2,1-3H3. The van der Waals surface area contributed by atoms with E-state index in [1.54, 1.807) is 21.1 Å². The van der Waals surface area contributed by atoms with Crippen molar-refractivity contribution in [3.05, 3.63) is 15.8 Å². The molecule has 0 aromatic carbocycles. The normalized spacial score (nSPS) is 12.2. The molecule has 0 aliphatic heterocycles. The quantitative estimate of drug-likeness (QED) is 0.645. The van der Waals surface area contributed by atoms with Gasteiger partial charge >= 0.3 is 0 Å². The highest BCUT2D eigenvalue weighted by Crippen LogP contribution is 2.30. The van der Waals surface area contributed by atoms with Crippen molar-refractivity contribution >= 4 is 33.0 Å². The van der Waals surface area contributed by atoms with Gasteiger partial charge in [-0.05, 0) is 17.9 Å². The molecule has 0 fully saturated rings. The van der Waals surface area contributed by atoms with E-state index < -0.39 is 10.0 Å². The van der Waals surface area contributed by atoms with Crippen LogP contribution in [0.3, 0.4) is 0 Å². The number of thiophene rings is 1. The SMILES string of the molecule is COCCN(CCOC)S(=O)(=O)c1c(C)csc1CCl. The van der Waals surface area contributed by atoms with Gasteiger partial charge in [-0.25, -0.2) is 8.42 Å². The zero-order chi connectivity index (χ0) is 15.2. The number of aryl methyl sites for hydroxylation is 1. The van der Waals surface area contributed by atoms with Crippen molar-refractivity contribution in [3.63, 3.8) is 0 Å². The fourth-order valence-electron chi connectivity index (χ4n) is 1.79. The molecule has 0 aliphatic carbocycles. The third kappa shape index (κ3) is 4.16. The number of hydrogen-bond donors (Lipinski definition) is 0. The summed E-state index contributed by atoms with van der Waals surface area (Å²) in [7, 11) is -0.491. The lowest BCUT2D eigenvalue weighted by Crippen LogP contribution is -2.37. The van der Waals surface area contributed by atoms with E-state index >= 15 is 0 Å². The number of methoxy groups -OCH3 is 2. The van der Waals surface area contributed by atoms with E-state index in [9.17, 15) is 8.42 Å². The molecular formula is C12H20ClNO4S2. The first-order chi connectivity index (χ1) is 9.48. The Labute approximate surface area is 129 Å². The Morgan fingerprint density at radius 3 is 2.25 bits per heavy atom. The van der Waals surface area contributed by atoms with Gasteiger partial charge < -0.3 is 9.47 Å². The van der Waals surface area contributed by atoms with Gasteiger partial charge in [-0.2, -0.15) is 4.31 Å². The average Bonchev–Trinajstić information content (AvgIpc) is 2.80. The molecule has 0 saturated heterocycles. The number of rotatable bonds is 9. The number of ether oxygens (including phenoxy) is 2. The smallest absolute Gasteiger partial charge is 0.244 e. The summed E-state index contributed by atoms with van der Waals surface area (Å²) in [6.07, 6.45) is 0. The molecule has 0 unspecified atom stereocenters. The van der Waals surface area contributed by atoms with Crippen LogP contribution in [-0.4, -0.2) is 53.2 Å².